The summed E-state index contributed by atoms with van der Waals surface area (Å²) in [6, 6.07) is 1.97. The molecule has 3 heteroatoms. The lowest BCUT2D eigenvalue weighted by Crippen LogP contribution is -2.29. The number of hydrogen-bond acceptors (Lipinski definition) is 1. The Morgan fingerprint density at radius 2 is 2.27 bits per heavy atom. The molecule has 1 aliphatic rings. The van der Waals surface area contributed by atoms with Crippen molar-refractivity contribution in [2.45, 2.75) is 37.2 Å². The molecule has 1 rings (SSSR count). The molecule has 0 bridgehead atoms. The van der Waals surface area contributed by atoms with E-state index >= 15 is 0 Å². The predicted molar refractivity (Wildman–Crippen MR) is 42.1 cm³/mol. The van der Waals surface area contributed by atoms with Crippen LogP contribution in [0.25, 0.3) is 0 Å². The number of alkyl halides is 2. The van der Waals surface area contributed by atoms with Crippen LogP contribution in [0.4, 0.5) is 4.39 Å². The molecule has 1 aliphatic carbocycles. The fourth-order valence-corrected chi connectivity index (χ4v) is 1.93. The maximum atomic E-state index is 13.0. The summed E-state index contributed by atoms with van der Waals surface area (Å²) in [4.78, 5) is 0. The summed E-state index contributed by atoms with van der Waals surface area (Å²) in [6.07, 6.45) is 1.70. The summed E-state index contributed by atoms with van der Waals surface area (Å²) in [7, 11) is 0. The number of nitriles is 1. The predicted octanol–water partition coefficient (Wildman–Crippen LogP) is 2.65. The first-order valence-electron chi connectivity index (χ1n) is 3.91. The Bertz CT molecular complexity index is 156. The summed E-state index contributed by atoms with van der Waals surface area (Å²) in [6.45, 7) is 0. The van der Waals surface area contributed by atoms with Gasteiger partial charge in [-0.05, 0) is 19.3 Å². The first kappa shape index (κ1) is 8.80. The van der Waals surface area contributed by atoms with Gasteiger partial charge < -0.3 is 0 Å². The fraction of sp³-hybridized carbons (Fsp3) is 0.875. The minimum atomic E-state index is -0.856. The van der Waals surface area contributed by atoms with Crippen LogP contribution in [0.3, 0.4) is 0 Å². The van der Waals surface area contributed by atoms with Crippen LogP contribution >= 0.6 is 11.6 Å². The molecule has 0 aromatic heterocycles. The van der Waals surface area contributed by atoms with E-state index in [-0.39, 0.29) is 17.7 Å². The molecule has 0 aromatic carbocycles. The molecule has 1 nitrogen and oxygen atoms in total. The molecule has 0 aliphatic heterocycles. The van der Waals surface area contributed by atoms with Gasteiger partial charge in [-0.3, -0.25) is 0 Å². The van der Waals surface area contributed by atoms with Gasteiger partial charge >= 0.3 is 0 Å². The van der Waals surface area contributed by atoms with E-state index in [2.05, 4.69) is 0 Å². The van der Waals surface area contributed by atoms with Crippen molar-refractivity contribution in [2.75, 3.05) is 0 Å². The first-order valence-corrected chi connectivity index (χ1v) is 4.34. The van der Waals surface area contributed by atoms with Gasteiger partial charge in [0.15, 0.2) is 0 Å². The molecule has 0 spiro atoms. The molecule has 0 N–H and O–H groups in total. The van der Waals surface area contributed by atoms with Crippen molar-refractivity contribution in [3.63, 3.8) is 0 Å². The molecule has 0 saturated heterocycles. The van der Waals surface area contributed by atoms with E-state index in [4.69, 9.17) is 16.9 Å². The maximum absolute atomic E-state index is 13.0. The minimum Gasteiger partial charge on any atom is -0.247 e. The normalized spacial score (nSPS) is 38.1. The summed E-state index contributed by atoms with van der Waals surface area (Å²) in [5.41, 5.74) is 0. The largest absolute Gasteiger partial charge is 0.247 e. The molecule has 11 heavy (non-hydrogen) atoms. The molecule has 1 fully saturated rings. The Hall–Kier alpha value is -0.290. The zero-order chi connectivity index (χ0) is 8.27. The van der Waals surface area contributed by atoms with Gasteiger partial charge in [0, 0.05) is 17.7 Å². The van der Waals surface area contributed by atoms with Crippen molar-refractivity contribution in [2.24, 2.45) is 5.92 Å². The second-order valence-corrected chi connectivity index (χ2v) is 3.55. The lowest BCUT2D eigenvalue weighted by atomic mass is 9.85. The minimum absolute atomic E-state index is 0.126. The first-order chi connectivity index (χ1) is 5.25. The highest BCUT2D eigenvalue weighted by molar-refractivity contribution is 6.20. The summed E-state index contributed by atoms with van der Waals surface area (Å²) in [5, 5.41) is 8.25. The Labute approximate surface area is 71.1 Å². The topological polar surface area (TPSA) is 23.8 Å². The molecule has 62 valence electrons. The fourth-order valence-electron chi connectivity index (χ4n) is 1.52. The highest BCUT2D eigenvalue weighted by Gasteiger charge is 2.31. The number of nitrogens with zero attached hydrogens (tertiary/aromatic N) is 1. The maximum Gasteiger partial charge on any atom is 0.105 e. The number of halogens is 2. The second kappa shape index (κ2) is 3.92. The van der Waals surface area contributed by atoms with Gasteiger partial charge in [0.2, 0.25) is 0 Å². The van der Waals surface area contributed by atoms with Gasteiger partial charge in [-0.25, -0.2) is 4.39 Å². The molecule has 0 heterocycles. The average Bonchev–Trinajstić information content (AvgIpc) is 1.97. The average molecular weight is 176 g/mol. The van der Waals surface area contributed by atoms with Crippen LogP contribution in [-0.4, -0.2) is 11.5 Å². The van der Waals surface area contributed by atoms with Gasteiger partial charge in [0.25, 0.3) is 0 Å². The summed E-state index contributed by atoms with van der Waals surface area (Å²) in [5.74, 6) is -0.226. The molecular formula is C8H11ClFN. The van der Waals surface area contributed by atoms with E-state index in [9.17, 15) is 4.39 Å². The Morgan fingerprint density at radius 3 is 2.82 bits per heavy atom. The van der Waals surface area contributed by atoms with Crippen molar-refractivity contribution < 1.29 is 4.39 Å². The van der Waals surface area contributed by atoms with Crippen LogP contribution in [0, 0.1) is 17.2 Å². The lowest BCUT2D eigenvalue weighted by molar-refractivity contribution is 0.172. The van der Waals surface area contributed by atoms with Crippen molar-refractivity contribution in [1.82, 2.24) is 0 Å². The summed E-state index contributed by atoms with van der Waals surface area (Å²) < 4.78 is 13.0. The monoisotopic (exact) mass is 175 g/mol. The van der Waals surface area contributed by atoms with E-state index in [0.29, 0.717) is 6.42 Å². The third-order valence-corrected chi connectivity index (χ3v) is 2.76. The van der Waals surface area contributed by atoms with Gasteiger partial charge in [-0.2, -0.15) is 5.26 Å². The van der Waals surface area contributed by atoms with Crippen molar-refractivity contribution in [3.8, 4) is 6.07 Å². The van der Waals surface area contributed by atoms with Gasteiger partial charge in [0.05, 0.1) is 6.07 Å². The zero-order valence-corrected chi connectivity index (χ0v) is 7.02. The third kappa shape index (κ3) is 2.07. The van der Waals surface area contributed by atoms with Crippen LogP contribution < -0.4 is 0 Å². The molecule has 3 unspecified atom stereocenters. The van der Waals surface area contributed by atoms with Gasteiger partial charge in [-0.15, -0.1) is 11.6 Å². The molecule has 3 atom stereocenters. The lowest BCUT2D eigenvalue weighted by Gasteiger charge is -2.28. The molecule has 0 radical (unpaired) electrons. The van der Waals surface area contributed by atoms with E-state index in [1.54, 1.807) is 0 Å². The number of hydrogen-bond donors (Lipinski definition) is 0. The standard InChI is InChI=1S/C8H11ClFN/c9-7-2-1-3-8(10)6(7)4-5-11/h6-8H,1-4H2. The van der Waals surface area contributed by atoms with E-state index < -0.39 is 6.17 Å². The van der Waals surface area contributed by atoms with Crippen molar-refractivity contribution in [1.29, 1.82) is 5.26 Å². The Kier molecular flexibility index (Phi) is 3.14. The highest BCUT2D eigenvalue weighted by Crippen LogP contribution is 2.32. The van der Waals surface area contributed by atoms with Gasteiger partial charge in [0.1, 0.15) is 6.17 Å². The van der Waals surface area contributed by atoms with Crippen LogP contribution in [0.15, 0.2) is 0 Å². The molecule has 1 saturated carbocycles. The SMILES string of the molecule is N#CCC1C(F)CCCC1Cl. The van der Waals surface area contributed by atoms with Crippen molar-refractivity contribution >= 4 is 11.6 Å². The molecule has 0 aromatic rings. The van der Waals surface area contributed by atoms with Crippen LogP contribution in [0.2, 0.25) is 0 Å². The van der Waals surface area contributed by atoms with Crippen molar-refractivity contribution in [3.05, 3.63) is 0 Å². The quantitative estimate of drug-likeness (QED) is 0.562. The molecule has 0 amide bonds. The second-order valence-electron chi connectivity index (χ2n) is 2.99. The molecular weight excluding hydrogens is 165 g/mol. The van der Waals surface area contributed by atoms with Crippen LogP contribution in [0.5, 0.6) is 0 Å². The Morgan fingerprint density at radius 1 is 1.55 bits per heavy atom. The van der Waals surface area contributed by atoms with E-state index in [0.717, 1.165) is 12.8 Å². The summed E-state index contributed by atoms with van der Waals surface area (Å²) >= 11 is 5.87. The van der Waals surface area contributed by atoms with Crippen LogP contribution in [0.1, 0.15) is 25.7 Å². The zero-order valence-electron chi connectivity index (χ0n) is 6.26. The number of rotatable bonds is 1. The van der Waals surface area contributed by atoms with Crippen LogP contribution in [-0.2, 0) is 0 Å². The highest BCUT2D eigenvalue weighted by atomic mass is 35.5. The Balaban J connectivity index is 2.49. The van der Waals surface area contributed by atoms with E-state index in [1.165, 1.54) is 0 Å². The van der Waals surface area contributed by atoms with Gasteiger partial charge in [-0.1, -0.05) is 0 Å². The van der Waals surface area contributed by atoms with E-state index in [1.807, 2.05) is 6.07 Å². The smallest absolute Gasteiger partial charge is 0.105 e. The third-order valence-electron chi connectivity index (χ3n) is 2.22.